The van der Waals surface area contributed by atoms with Crippen molar-refractivity contribution in [3.8, 4) is 23.0 Å². The SMILES string of the molecule is COc1ccc(OC)c(N2C(=N)/C(=C(/O)c3ccc(C)cc3)C(c3ccc4c(c3)OCO4)C3=C2CC(C)(C)CC3=O)c1. The van der Waals surface area contributed by atoms with Crippen LogP contribution in [0.5, 0.6) is 23.0 Å². The molecule has 0 saturated heterocycles. The van der Waals surface area contributed by atoms with Gasteiger partial charge >= 0.3 is 0 Å². The highest BCUT2D eigenvalue weighted by Crippen LogP contribution is 2.53. The van der Waals surface area contributed by atoms with Crippen LogP contribution in [0.3, 0.4) is 0 Å². The fraction of sp³-hybridized carbons (Fsp3) is 0.294. The number of anilines is 1. The number of nitrogens with zero attached hydrogens (tertiary/aromatic N) is 1. The Bertz CT molecular complexity index is 1670. The van der Waals surface area contributed by atoms with Crippen LogP contribution in [-0.4, -0.2) is 37.7 Å². The Morgan fingerprint density at radius 2 is 1.71 bits per heavy atom. The number of Topliss-reactive ketones (excluding diaryl/α,β-unsaturated/α-hetero) is 1. The molecule has 0 spiro atoms. The number of aliphatic hydroxyl groups excluding tert-OH is 1. The molecule has 2 aliphatic heterocycles. The van der Waals surface area contributed by atoms with E-state index in [4.69, 9.17) is 18.9 Å². The standard InChI is InChI=1S/C34H34N2O6/c1-19-6-8-20(9-7-19)32(38)31-29(21-10-12-27-28(14-21)42-18-41-27)30-24(16-34(2,3)17-25(30)37)36(33(31)35)23-15-22(39-4)11-13-26(23)40-5/h6-15,29,35,38H,16-18H2,1-5H3/b32-31+,35-33?. The Labute approximate surface area is 245 Å². The largest absolute Gasteiger partial charge is 0.507 e. The van der Waals surface area contributed by atoms with E-state index in [-0.39, 0.29) is 29.6 Å². The van der Waals surface area contributed by atoms with Gasteiger partial charge in [0, 0.05) is 40.8 Å². The molecule has 0 saturated carbocycles. The second-order valence-electron chi connectivity index (χ2n) is 11.7. The van der Waals surface area contributed by atoms with Crippen molar-refractivity contribution < 1.29 is 28.8 Å². The average Bonchev–Trinajstić information content (AvgIpc) is 3.44. The third kappa shape index (κ3) is 4.57. The third-order valence-corrected chi connectivity index (χ3v) is 8.16. The summed E-state index contributed by atoms with van der Waals surface area (Å²) in [6, 6.07) is 18.4. The van der Waals surface area contributed by atoms with Gasteiger partial charge in [-0.2, -0.15) is 0 Å². The van der Waals surface area contributed by atoms with E-state index in [0.717, 1.165) is 11.1 Å². The monoisotopic (exact) mass is 566 g/mol. The smallest absolute Gasteiger partial charge is 0.231 e. The fourth-order valence-electron chi connectivity index (χ4n) is 6.14. The third-order valence-electron chi connectivity index (χ3n) is 8.16. The molecule has 8 nitrogen and oxygen atoms in total. The van der Waals surface area contributed by atoms with E-state index in [2.05, 4.69) is 13.8 Å². The quantitative estimate of drug-likeness (QED) is 0.323. The first-order valence-corrected chi connectivity index (χ1v) is 13.9. The van der Waals surface area contributed by atoms with Gasteiger partial charge in [0.2, 0.25) is 6.79 Å². The van der Waals surface area contributed by atoms with Crippen LogP contribution in [0.1, 0.15) is 49.3 Å². The number of aliphatic hydroxyl groups is 1. The van der Waals surface area contributed by atoms with Crippen LogP contribution in [0.2, 0.25) is 0 Å². The number of fused-ring (bicyclic) bond motifs is 1. The predicted octanol–water partition coefficient (Wildman–Crippen LogP) is 6.93. The Balaban J connectivity index is 1.69. The number of methoxy groups -OCH3 is 2. The molecule has 3 aromatic carbocycles. The zero-order valence-electron chi connectivity index (χ0n) is 24.4. The first-order chi connectivity index (χ1) is 20.1. The topological polar surface area (TPSA) is 101 Å². The number of carbonyl (C=O) groups excluding carboxylic acids is 1. The summed E-state index contributed by atoms with van der Waals surface area (Å²) in [5.74, 6) is 1.51. The summed E-state index contributed by atoms with van der Waals surface area (Å²) in [5, 5.41) is 21.7. The Morgan fingerprint density at radius 3 is 2.43 bits per heavy atom. The first-order valence-electron chi connectivity index (χ1n) is 13.9. The number of rotatable bonds is 5. The molecule has 1 unspecified atom stereocenters. The van der Waals surface area contributed by atoms with Gasteiger partial charge in [0.1, 0.15) is 23.1 Å². The van der Waals surface area contributed by atoms with Crippen molar-refractivity contribution in [2.75, 3.05) is 25.9 Å². The maximum Gasteiger partial charge on any atom is 0.231 e. The summed E-state index contributed by atoms with van der Waals surface area (Å²) < 4.78 is 22.5. The molecule has 0 bridgehead atoms. The molecule has 1 aliphatic carbocycles. The first kappa shape index (κ1) is 27.4. The number of allylic oxidation sites excluding steroid dienone is 2. The van der Waals surface area contributed by atoms with Crippen LogP contribution in [-0.2, 0) is 4.79 Å². The van der Waals surface area contributed by atoms with Gasteiger partial charge in [0.25, 0.3) is 0 Å². The number of hydrogen-bond donors (Lipinski definition) is 2. The molecule has 0 radical (unpaired) electrons. The summed E-state index contributed by atoms with van der Waals surface area (Å²) in [6.45, 7) is 6.21. The van der Waals surface area contributed by atoms with E-state index in [9.17, 15) is 15.3 Å². The van der Waals surface area contributed by atoms with Gasteiger partial charge < -0.3 is 24.1 Å². The molecule has 0 aromatic heterocycles. The van der Waals surface area contributed by atoms with Crippen molar-refractivity contribution in [2.24, 2.45) is 5.41 Å². The highest BCUT2D eigenvalue weighted by atomic mass is 16.7. The summed E-state index contributed by atoms with van der Waals surface area (Å²) in [5.41, 5.74) is 4.10. The lowest BCUT2D eigenvalue weighted by molar-refractivity contribution is -0.118. The van der Waals surface area contributed by atoms with Crippen molar-refractivity contribution in [2.45, 2.75) is 39.5 Å². The zero-order chi connectivity index (χ0) is 29.8. The molecule has 0 amide bonds. The molecular weight excluding hydrogens is 532 g/mol. The minimum atomic E-state index is -0.709. The van der Waals surface area contributed by atoms with Crippen molar-refractivity contribution in [1.82, 2.24) is 0 Å². The second kappa shape index (κ2) is 10.3. The van der Waals surface area contributed by atoms with Gasteiger partial charge in [-0.1, -0.05) is 49.7 Å². The molecular formula is C34H34N2O6. The summed E-state index contributed by atoms with van der Waals surface area (Å²) in [6.07, 6.45) is 0.873. The van der Waals surface area contributed by atoms with E-state index >= 15 is 0 Å². The second-order valence-corrected chi connectivity index (χ2v) is 11.7. The van der Waals surface area contributed by atoms with E-state index in [1.807, 2.05) is 49.4 Å². The number of hydrogen-bond acceptors (Lipinski definition) is 7. The van der Waals surface area contributed by atoms with Crippen LogP contribution < -0.4 is 23.8 Å². The molecule has 3 aromatic rings. The molecule has 42 heavy (non-hydrogen) atoms. The molecule has 216 valence electrons. The van der Waals surface area contributed by atoms with Crippen molar-refractivity contribution in [1.29, 1.82) is 5.41 Å². The molecule has 1 atom stereocenters. The summed E-state index contributed by atoms with van der Waals surface area (Å²) >= 11 is 0. The van der Waals surface area contributed by atoms with E-state index < -0.39 is 5.92 Å². The van der Waals surface area contributed by atoms with Crippen LogP contribution in [0.15, 0.2) is 77.5 Å². The van der Waals surface area contributed by atoms with Crippen LogP contribution in [0, 0.1) is 17.7 Å². The van der Waals surface area contributed by atoms with E-state index in [1.165, 1.54) is 0 Å². The Morgan fingerprint density at radius 1 is 0.976 bits per heavy atom. The molecule has 3 aliphatic rings. The number of aryl methyl sites for hydroxylation is 1. The lowest BCUT2D eigenvalue weighted by atomic mass is 9.67. The normalized spacial score (nSPS) is 20.4. The van der Waals surface area contributed by atoms with Gasteiger partial charge in [0.15, 0.2) is 17.3 Å². The van der Waals surface area contributed by atoms with Crippen LogP contribution in [0.25, 0.3) is 5.76 Å². The lowest BCUT2D eigenvalue weighted by Crippen LogP contribution is -2.45. The molecule has 2 heterocycles. The highest BCUT2D eigenvalue weighted by molar-refractivity contribution is 6.20. The van der Waals surface area contributed by atoms with Gasteiger partial charge in [0.05, 0.1) is 19.9 Å². The summed E-state index contributed by atoms with van der Waals surface area (Å²) in [7, 11) is 3.15. The number of ketones is 1. The van der Waals surface area contributed by atoms with Crippen molar-refractivity contribution in [3.05, 3.63) is 94.2 Å². The zero-order valence-corrected chi connectivity index (χ0v) is 24.4. The minimum absolute atomic E-state index is 0.0301. The average molecular weight is 567 g/mol. The molecule has 0 fully saturated rings. The number of carbonyl (C=O) groups is 1. The minimum Gasteiger partial charge on any atom is -0.507 e. The van der Waals surface area contributed by atoms with E-state index in [1.54, 1.807) is 37.3 Å². The Kier molecular flexibility index (Phi) is 6.72. The molecule has 2 N–H and O–H groups in total. The summed E-state index contributed by atoms with van der Waals surface area (Å²) in [4.78, 5) is 15.9. The molecule has 6 rings (SSSR count). The maximum atomic E-state index is 14.2. The van der Waals surface area contributed by atoms with E-state index in [0.29, 0.717) is 63.9 Å². The van der Waals surface area contributed by atoms with Crippen molar-refractivity contribution >= 4 is 23.1 Å². The van der Waals surface area contributed by atoms with Gasteiger partial charge in [-0.15, -0.1) is 0 Å². The van der Waals surface area contributed by atoms with Crippen molar-refractivity contribution in [3.63, 3.8) is 0 Å². The molecule has 8 heteroatoms. The highest BCUT2D eigenvalue weighted by Gasteiger charge is 2.47. The van der Waals surface area contributed by atoms with Gasteiger partial charge in [-0.25, -0.2) is 0 Å². The number of benzene rings is 3. The maximum absolute atomic E-state index is 14.2. The number of amidine groups is 1. The van der Waals surface area contributed by atoms with Gasteiger partial charge in [-0.05, 0) is 48.6 Å². The fourth-order valence-corrected chi connectivity index (χ4v) is 6.14. The van der Waals surface area contributed by atoms with Crippen LogP contribution >= 0.6 is 0 Å². The number of ether oxygens (including phenoxy) is 4. The van der Waals surface area contributed by atoms with Gasteiger partial charge in [-0.3, -0.25) is 15.1 Å². The lowest BCUT2D eigenvalue weighted by Gasteiger charge is -2.45. The Hall–Kier alpha value is -4.72. The number of nitrogens with one attached hydrogen (secondary N) is 1. The van der Waals surface area contributed by atoms with Crippen LogP contribution in [0.4, 0.5) is 5.69 Å². The predicted molar refractivity (Wildman–Crippen MR) is 161 cm³/mol.